The van der Waals surface area contributed by atoms with Crippen LogP contribution in [0.5, 0.6) is 0 Å². The van der Waals surface area contributed by atoms with Crippen LogP contribution in [0.2, 0.25) is 0 Å². The van der Waals surface area contributed by atoms with E-state index in [2.05, 4.69) is 0 Å². The van der Waals surface area contributed by atoms with Crippen molar-refractivity contribution in [1.29, 1.82) is 0 Å². The summed E-state index contributed by atoms with van der Waals surface area (Å²) in [5, 5.41) is 0. The van der Waals surface area contributed by atoms with Crippen LogP contribution in [0.15, 0.2) is 0 Å². The highest BCUT2D eigenvalue weighted by Gasteiger charge is 2.32. The highest BCUT2D eigenvalue weighted by molar-refractivity contribution is 8.04. The molecule has 122 valence electrons. The van der Waals surface area contributed by atoms with Gasteiger partial charge in [0.1, 0.15) is 0 Å². The molecule has 0 aliphatic rings. The van der Waals surface area contributed by atoms with E-state index in [-0.39, 0.29) is 7.42 Å². The first-order chi connectivity index (χ1) is 8.47. The molecule has 0 aromatic heterocycles. The first kappa shape index (κ1) is 19.7. The molecule has 0 N–H and O–H groups in total. The van der Waals surface area contributed by atoms with E-state index in [1.165, 1.54) is 0 Å². The highest BCUT2D eigenvalue weighted by atomic mass is 32.3. The summed E-state index contributed by atoms with van der Waals surface area (Å²) in [7, 11) is -16.7. The zero-order chi connectivity index (χ0) is 16.6. The molecule has 0 bridgehead atoms. The maximum atomic E-state index is 11.3. The molecule has 10 nitrogen and oxygen atoms in total. The molecule has 0 fully saturated rings. The van der Waals surface area contributed by atoms with Crippen LogP contribution in [0, 0.1) is 0 Å². The van der Waals surface area contributed by atoms with Crippen LogP contribution in [-0.2, 0) is 40.1 Å². The largest absolute Gasteiger partial charge is 0.224 e. The van der Waals surface area contributed by atoms with Crippen molar-refractivity contribution in [2.45, 2.75) is 0 Å². The fourth-order valence-corrected chi connectivity index (χ4v) is 6.91. The normalized spacial score (nSPS) is 14.9. The Morgan fingerprint density at radius 2 is 0.650 bits per heavy atom. The smallest absolute Gasteiger partial charge is 0.212 e. The van der Waals surface area contributed by atoms with Gasteiger partial charge < -0.3 is 0 Å². The van der Waals surface area contributed by atoms with Crippen molar-refractivity contribution in [3.8, 4) is 0 Å². The minimum atomic E-state index is -4.18. The predicted octanol–water partition coefficient (Wildman–Crippen LogP) is -2.57. The van der Waals surface area contributed by atoms with Crippen molar-refractivity contribution >= 4 is 40.1 Å². The average Bonchev–Trinajstić information content (AvgIpc) is 2.02. The topological polar surface area (TPSA) is 143 Å². The Balaban J connectivity index is 5.54. The van der Waals surface area contributed by atoms with E-state index in [1.54, 1.807) is 0 Å². The molecule has 14 heteroatoms. The Hall–Kier alpha value is -0.280. The molecule has 0 heterocycles. The van der Waals surface area contributed by atoms with Crippen molar-refractivity contribution in [2.75, 3.05) is 38.1 Å². The number of rotatable bonds is 7. The van der Waals surface area contributed by atoms with Gasteiger partial charge in [0.05, 0.1) is 25.0 Å². The van der Waals surface area contributed by atoms with Crippen LogP contribution >= 0.6 is 0 Å². The van der Waals surface area contributed by atoms with E-state index >= 15 is 0 Å². The van der Waals surface area contributed by atoms with Crippen LogP contribution < -0.4 is 0 Å². The van der Waals surface area contributed by atoms with Gasteiger partial charge >= 0.3 is 0 Å². The van der Waals surface area contributed by atoms with Crippen molar-refractivity contribution < 1.29 is 33.7 Å². The molecule has 0 aromatic carbocycles. The number of hydrogen-bond acceptors (Lipinski definition) is 8. The van der Waals surface area contributed by atoms with E-state index in [0.717, 1.165) is 0 Å². The van der Waals surface area contributed by atoms with Crippen molar-refractivity contribution in [3.63, 3.8) is 0 Å². The maximum Gasteiger partial charge on any atom is 0.224 e. The van der Waals surface area contributed by atoms with Gasteiger partial charge in [-0.2, -0.15) is 0 Å². The third-order valence-electron chi connectivity index (χ3n) is 1.94. The summed E-state index contributed by atoms with van der Waals surface area (Å²) in [6, 6.07) is 0. The summed E-state index contributed by atoms with van der Waals surface area (Å²) >= 11 is 0. The molecule has 0 atom stereocenters. The zero-order valence-electron chi connectivity index (χ0n) is 11.2. The Kier molecular flexibility index (Phi) is 5.76. The second-order valence-corrected chi connectivity index (χ2v) is 12.1. The van der Waals surface area contributed by atoms with Gasteiger partial charge in [0.25, 0.3) is 0 Å². The van der Waals surface area contributed by atoms with Gasteiger partial charge in [0.2, 0.25) is 40.1 Å². The molecule has 0 aromatic rings. The van der Waals surface area contributed by atoms with E-state index in [9.17, 15) is 33.7 Å². The molecule has 0 rings (SSSR count). The first-order valence-electron chi connectivity index (χ1n) is 4.83. The Morgan fingerprint density at radius 1 is 0.500 bits per heavy atom. The van der Waals surface area contributed by atoms with Gasteiger partial charge in [0, 0.05) is 13.1 Å². The first-order valence-corrected chi connectivity index (χ1v) is 12.2. The summed E-state index contributed by atoms with van der Waals surface area (Å²) in [6.07, 6.45) is 2.44. The second kappa shape index (κ2) is 5.84. The quantitative estimate of drug-likeness (QED) is 0.474. The monoisotopic (exact) mass is 372 g/mol. The van der Waals surface area contributed by atoms with E-state index in [1.807, 2.05) is 0 Å². The molecular formula is C6H16N2O8S4. The predicted molar refractivity (Wildman–Crippen MR) is 72.8 cm³/mol. The molecule has 0 amide bonds. The number of nitrogens with zero attached hydrogens (tertiary/aromatic N) is 2. The lowest BCUT2D eigenvalue weighted by Crippen LogP contribution is -2.44. The average molecular weight is 372 g/mol. The van der Waals surface area contributed by atoms with Gasteiger partial charge in [0.15, 0.2) is 0 Å². The van der Waals surface area contributed by atoms with Crippen LogP contribution in [0.3, 0.4) is 0 Å². The van der Waals surface area contributed by atoms with Crippen molar-refractivity contribution in [1.82, 2.24) is 7.42 Å². The Morgan fingerprint density at radius 3 is 0.750 bits per heavy atom. The third kappa shape index (κ3) is 6.01. The highest BCUT2D eigenvalue weighted by Crippen LogP contribution is 2.09. The summed E-state index contributed by atoms with van der Waals surface area (Å²) < 4.78 is 90.6. The molecule has 0 radical (unpaired) electrons. The fourth-order valence-electron chi connectivity index (χ4n) is 1.32. The molecule has 0 aliphatic carbocycles. The molecule has 0 saturated heterocycles. The van der Waals surface area contributed by atoms with Crippen LogP contribution in [0.25, 0.3) is 0 Å². The standard InChI is InChI=1S/C6H16N2O8S4/c1-17(9,10)7(18(2,11)12)5-6-8(19(3,13)14)20(4,15)16/h5-6H2,1-4H3. The molecule has 20 heavy (non-hydrogen) atoms. The Labute approximate surface area is 119 Å². The lowest BCUT2D eigenvalue weighted by molar-refractivity contribution is 0.461. The Bertz CT molecular complexity index is 629. The third-order valence-corrected chi connectivity index (χ3v) is 8.88. The lowest BCUT2D eigenvalue weighted by Gasteiger charge is -2.22. The fraction of sp³-hybridized carbons (Fsp3) is 1.00. The lowest BCUT2D eigenvalue weighted by atomic mass is 10.7. The van der Waals surface area contributed by atoms with Gasteiger partial charge in [-0.1, -0.05) is 7.42 Å². The summed E-state index contributed by atoms with van der Waals surface area (Å²) in [6.45, 7) is -1.67. The van der Waals surface area contributed by atoms with Gasteiger partial charge in [-0.05, 0) is 0 Å². The van der Waals surface area contributed by atoms with E-state index in [0.29, 0.717) is 25.0 Å². The summed E-state index contributed by atoms with van der Waals surface area (Å²) in [4.78, 5) is 0. The molecular weight excluding hydrogens is 356 g/mol. The van der Waals surface area contributed by atoms with Crippen molar-refractivity contribution in [2.24, 2.45) is 0 Å². The minimum Gasteiger partial charge on any atom is -0.212 e. The second-order valence-electron chi connectivity index (χ2n) is 4.04. The number of hydrogen-bond donors (Lipinski definition) is 0. The van der Waals surface area contributed by atoms with Crippen molar-refractivity contribution in [3.05, 3.63) is 0 Å². The van der Waals surface area contributed by atoms with Gasteiger partial charge in [-0.25, -0.2) is 33.7 Å². The van der Waals surface area contributed by atoms with Crippen LogP contribution in [0.4, 0.5) is 0 Å². The maximum absolute atomic E-state index is 11.3. The zero-order valence-corrected chi connectivity index (χ0v) is 14.5. The molecule has 0 spiro atoms. The molecule has 0 unspecified atom stereocenters. The molecule has 0 aliphatic heterocycles. The van der Waals surface area contributed by atoms with E-state index < -0.39 is 53.2 Å². The van der Waals surface area contributed by atoms with Gasteiger partial charge in [-0.15, -0.1) is 0 Å². The molecule has 0 saturated carbocycles. The van der Waals surface area contributed by atoms with Gasteiger partial charge in [-0.3, -0.25) is 0 Å². The van der Waals surface area contributed by atoms with E-state index in [4.69, 9.17) is 0 Å². The SMILES string of the molecule is CS(=O)(=O)N(CCN(S(C)(=O)=O)S(C)(=O)=O)S(C)(=O)=O. The van der Waals surface area contributed by atoms with Crippen LogP contribution in [0.1, 0.15) is 0 Å². The minimum absolute atomic E-state index is 0.0311. The summed E-state index contributed by atoms with van der Waals surface area (Å²) in [5.41, 5.74) is 0. The summed E-state index contributed by atoms with van der Waals surface area (Å²) in [5.74, 6) is 0. The van der Waals surface area contributed by atoms with Crippen LogP contribution in [-0.4, -0.2) is 79.2 Å². The number of sulfonamides is 4.